The second-order valence-electron chi connectivity index (χ2n) is 6.73. The van der Waals surface area contributed by atoms with Gasteiger partial charge in [0.2, 0.25) is 5.90 Å². The topological polar surface area (TPSA) is 134 Å². The van der Waals surface area contributed by atoms with Crippen LogP contribution in [0.15, 0.2) is 52.4 Å². The lowest BCUT2D eigenvalue weighted by atomic mass is 10.2. The van der Waals surface area contributed by atoms with Gasteiger partial charge in [0.1, 0.15) is 11.6 Å². The second kappa shape index (κ2) is 9.75. The summed E-state index contributed by atoms with van der Waals surface area (Å²) in [7, 11) is 0. The smallest absolute Gasteiger partial charge is 0.320 e. The zero-order valence-corrected chi connectivity index (χ0v) is 17.5. The summed E-state index contributed by atoms with van der Waals surface area (Å²) in [4.78, 5) is 22.8. The Balaban J connectivity index is 1.75. The van der Waals surface area contributed by atoms with Crippen LogP contribution >= 0.6 is 0 Å². The van der Waals surface area contributed by atoms with Crippen LogP contribution in [0.1, 0.15) is 36.2 Å². The maximum Gasteiger partial charge on any atom is 0.320 e. The van der Waals surface area contributed by atoms with Crippen LogP contribution in [0.5, 0.6) is 17.2 Å². The van der Waals surface area contributed by atoms with Crippen molar-refractivity contribution in [3.05, 3.63) is 53.6 Å². The molecular weight excluding hydrogens is 398 g/mol. The number of hydrogen-bond donors (Lipinski definition) is 3. The van der Waals surface area contributed by atoms with Crippen LogP contribution in [-0.2, 0) is 0 Å². The van der Waals surface area contributed by atoms with E-state index in [4.69, 9.17) is 20.6 Å². The molecule has 0 atom stereocenters. The largest absolute Gasteiger partial charge is 0.504 e. The van der Waals surface area contributed by atoms with Crippen molar-refractivity contribution in [3.63, 3.8) is 0 Å². The van der Waals surface area contributed by atoms with E-state index in [2.05, 4.69) is 9.98 Å². The van der Waals surface area contributed by atoms with Crippen LogP contribution in [0.4, 0.5) is 0 Å². The first kappa shape index (κ1) is 21.8. The van der Waals surface area contributed by atoms with Crippen molar-refractivity contribution in [2.75, 3.05) is 19.6 Å². The zero-order valence-electron chi connectivity index (χ0n) is 17.5. The van der Waals surface area contributed by atoms with Crippen LogP contribution in [0.3, 0.4) is 0 Å². The third kappa shape index (κ3) is 5.39. The number of aromatic hydroxyl groups is 1. The number of rotatable bonds is 6. The van der Waals surface area contributed by atoms with E-state index in [0.29, 0.717) is 48.8 Å². The Morgan fingerprint density at radius 3 is 2.65 bits per heavy atom. The number of phenols is 1. The van der Waals surface area contributed by atoms with Gasteiger partial charge in [-0.3, -0.25) is 10.2 Å². The number of amidine groups is 2. The van der Waals surface area contributed by atoms with Crippen molar-refractivity contribution in [3.8, 4) is 17.2 Å². The predicted octanol–water partition coefficient (Wildman–Crippen LogP) is 2.77. The van der Waals surface area contributed by atoms with Crippen molar-refractivity contribution in [1.29, 1.82) is 5.41 Å². The average molecular weight is 423 g/mol. The summed E-state index contributed by atoms with van der Waals surface area (Å²) in [6.07, 6.45) is 0.459. The minimum atomic E-state index is -0.151. The van der Waals surface area contributed by atoms with Crippen molar-refractivity contribution in [2.45, 2.75) is 20.3 Å². The molecule has 9 nitrogen and oxygen atoms in total. The van der Waals surface area contributed by atoms with Crippen LogP contribution in [-0.4, -0.2) is 53.3 Å². The fraction of sp³-hybridized carbons (Fsp3) is 0.273. The Labute approximate surface area is 180 Å². The molecule has 0 radical (unpaired) electrons. The van der Waals surface area contributed by atoms with E-state index in [1.54, 1.807) is 29.2 Å². The highest BCUT2D eigenvalue weighted by molar-refractivity contribution is 5.97. The Kier molecular flexibility index (Phi) is 6.86. The first-order valence-electron chi connectivity index (χ1n) is 9.95. The van der Waals surface area contributed by atoms with E-state index in [9.17, 15) is 9.90 Å². The fourth-order valence-corrected chi connectivity index (χ4v) is 2.96. The van der Waals surface area contributed by atoms with E-state index < -0.39 is 0 Å². The summed E-state index contributed by atoms with van der Waals surface area (Å²) in [6.45, 7) is 5.51. The SMILES string of the molecule is CCN(CC)C(=O)c1cccc(OC2=NC(Oc3cc(C(=N)N)ccc3O)=NCC2)c1. The molecular formula is C22H25N5O4. The molecule has 31 heavy (non-hydrogen) atoms. The molecule has 162 valence electrons. The summed E-state index contributed by atoms with van der Waals surface area (Å²) in [5, 5.41) is 17.5. The summed E-state index contributed by atoms with van der Waals surface area (Å²) < 4.78 is 11.4. The van der Waals surface area contributed by atoms with E-state index >= 15 is 0 Å². The summed E-state index contributed by atoms with van der Waals surface area (Å²) in [6, 6.07) is 11.3. The Morgan fingerprint density at radius 2 is 1.94 bits per heavy atom. The average Bonchev–Trinajstić information content (AvgIpc) is 2.76. The number of benzene rings is 2. The fourth-order valence-electron chi connectivity index (χ4n) is 2.96. The first-order valence-corrected chi connectivity index (χ1v) is 9.95. The number of aliphatic imine (C=N–C) groups is 2. The van der Waals surface area contributed by atoms with E-state index in [-0.39, 0.29) is 29.3 Å². The molecule has 0 saturated heterocycles. The molecule has 4 N–H and O–H groups in total. The van der Waals surface area contributed by atoms with Gasteiger partial charge in [0, 0.05) is 30.6 Å². The van der Waals surface area contributed by atoms with Crippen LogP contribution in [0.2, 0.25) is 0 Å². The van der Waals surface area contributed by atoms with Gasteiger partial charge in [-0.1, -0.05) is 6.07 Å². The number of amides is 1. The van der Waals surface area contributed by atoms with Gasteiger partial charge in [-0.15, -0.1) is 0 Å². The molecule has 1 aliphatic heterocycles. The minimum Gasteiger partial charge on any atom is -0.504 e. The second-order valence-corrected chi connectivity index (χ2v) is 6.73. The number of hydrogen-bond acceptors (Lipinski definition) is 7. The number of nitrogens with one attached hydrogen (secondary N) is 1. The molecule has 2 aromatic carbocycles. The number of nitrogen functional groups attached to an aromatic ring is 1. The van der Waals surface area contributed by atoms with Gasteiger partial charge in [-0.25, -0.2) is 4.99 Å². The molecule has 1 aliphatic rings. The number of ether oxygens (including phenoxy) is 2. The number of carbonyl (C=O) groups excluding carboxylic acids is 1. The molecule has 3 rings (SSSR count). The van der Waals surface area contributed by atoms with E-state index in [1.165, 1.54) is 18.2 Å². The molecule has 0 unspecified atom stereocenters. The van der Waals surface area contributed by atoms with Gasteiger partial charge in [0.15, 0.2) is 11.5 Å². The number of carbonyl (C=O) groups is 1. The summed E-state index contributed by atoms with van der Waals surface area (Å²) >= 11 is 0. The molecule has 0 aliphatic carbocycles. The number of phenolic OH excluding ortho intramolecular Hbond substituents is 1. The van der Waals surface area contributed by atoms with Crippen molar-refractivity contribution < 1.29 is 19.4 Å². The van der Waals surface area contributed by atoms with Gasteiger partial charge in [0.25, 0.3) is 5.91 Å². The highest BCUT2D eigenvalue weighted by atomic mass is 16.5. The standard InChI is InChI=1S/C22H25N5O4/c1-3-27(4-2)21(29)15-6-5-7-16(12-15)30-19-10-11-25-22(26-19)31-18-13-14(20(23)24)8-9-17(18)28/h5-9,12-13,28H,3-4,10-11H2,1-2H3,(H3,23,24). The molecule has 1 amide bonds. The molecule has 2 aromatic rings. The number of nitrogens with zero attached hydrogens (tertiary/aromatic N) is 3. The highest BCUT2D eigenvalue weighted by Gasteiger charge is 2.17. The lowest BCUT2D eigenvalue weighted by Gasteiger charge is -2.19. The maximum atomic E-state index is 12.6. The van der Waals surface area contributed by atoms with Gasteiger partial charge in [0.05, 0.1) is 6.54 Å². The third-order valence-electron chi connectivity index (χ3n) is 4.63. The molecule has 9 heteroatoms. The van der Waals surface area contributed by atoms with Crippen molar-refractivity contribution >= 4 is 23.7 Å². The van der Waals surface area contributed by atoms with Crippen LogP contribution < -0.4 is 15.2 Å². The molecule has 0 saturated carbocycles. The van der Waals surface area contributed by atoms with Gasteiger partial charge < -0.3 is 25.2 Å². The van der Waals surface area contributed by atoms with Gasteiger partial charge in [-0.2, -0.15) is 4.99 Å². The molecule has 0 aromatic heterocycles. The van der Waals surface area contributed by atoms with Crippen LogP contribution in [0, 0.1) is 5.41 Å². The molecule has 0 fully saturated rings. The quantitative estimate of drug-likeness (QED) is 0.485. The maximum absolute atomic E-state index is 12.6. The normalized spacial score (nSPS) is 13.1. The highest BCUT2D eigenvalue weighted by Crippen LogP contribution is 2.27. The monoisotopic (exact) mass is 423 g/mol. The van der Waals surface area contributed by atoms with E-state index in [1.807, 2.05) is 13.8 Å². The Bertz CT molecular complexity index is 1040. The summed E-state index contributed by atoms with van der Waals surface area (Å²) in [5.74, 6) is 0.607. The Hall–Kier alpha value is -3.88. The zero-order chi connectivity index (χ0) is 22.4. The number of nitrogens with two attached hydrogens (primary N) is 1. The lowest BCUT2D eigenvalue weighted by Crippen LogP contribution is -2.30. The molecule has 1 heterocycles. The minimum absolute atomic E-state index is 0.0209. The molecule has 0 spiro atoms. The lowest BCUT2D eigenvalue weighted by molar-refractivity contribution is 0.0772. The Morgan fingerprint density at radius 1 is 1.16 bits per heavy atom. The third-order valence-corrected chi connectivity index (χ3v) is 4.63. The molecule has 0 bridgehead atoms. The van der Waals surface area contributed by atoms with Crippen molar-refractivity contribution in [1.82, 2.24) is 4.90 Å². The summed E-state index contributed by atoms with van der Waals surface area (Å²) in [5.41, 5.74) is 6.42. The van der Waals surface area contributed by atoms with Gasteiger partial charge >= 0.3 is 6.02 Å². The predicted molar refractivity (Wildman–Crippen MR) is 118 cm³/mol. The van der Waals surface area contributed by atoms with E-state index in [0.717, 1.165) is 0 Å². The first-order chi connectivity index (χ1) is 14.9. The van der Waals surface area contributed by atoms with Crippen LogP contribution in [0.25, 0.3) is 0 Å². The van der Waals surface area contributed by atoms with Gasteiger partial charge in [-0.05, 0) is 50.2 Å². The van der Waals surface area contributed by atoms with Crippen molar-refractivity contribution in [2.24, 2.45) is 15.7 Å².